The summed E-state index contributed by atoms with van der Waals surface area (Å²) in [6.45, 7) is 1.92. The lowest BCUT2D eigenvalue weighted by atomic mass is 10.2. The van der Waals surface area contributed by atoms with Gasteiger partial charge in [-0.3, -0.25) is 9.59 Å². The first kappa shape index (κ1) is 12.4. The van der Waals surface area contributed by atoms with Crippen LogP contribution in [0.3, 0.4) is 0 Å². The fourth-order valence-electron chi connectivity index (χ4n) is 1.49. The van der Waals surface area contributed by atoms with E-state index in [2.05, 4.69) is 14.9 Å². The Bertz CT molecular complexity index is 580. The normalized spacial score (nSPS) is 10.1. The fourth-order valence-corrected chi connectivity index (χ4v) is 2.14. The maximum absolute atomic E-state index is 12.0. The number of hydrogen-bond acceptors (Lipinski definition) is 5. The molecule has 0 fully saturated rings. The van der Waals surface area contributed by atoms with Crippen molar-refractivity contribution in [1.29, 1.82) is 0 Å². The number of benzene rings is 1. The summed E-state index contributed by atoms with van der Waals surface area (Å²) in [6.07, 6.45) is 1.40. The number of anilines is 1. The molecule has 1 heterocycles. The van der Waals surface area contributed by atoms with Crippen molar-refractivity contribution >= 4 is 29.4 Å². The Kier molecular flexibility index (Phi) is 3.78. The number of nitrogens with one attached hydrogen (secondary N) is 1. The number of aryl methyl sites for hydroxylation is 1. The second kappa shape index (κ2) is 5.50. The zero-order valence-electron chi connectivity index (χ0n) is 9.71. The van der Waals surface area contributed by atoms with Crippen molar-refractivity contribution in [2.24, 2.45) is 0 Å². The molecule has 1 N–H and O–H groups in total. The molecule has 18 heavy (non-hydrogen) atoms. The van der Waals surface area contributed by atoms with E-state index in [1.807, 2.05) is 6.92 Å². The van der Waals surface area contributed by atoms with E-state index in [0.717, 1.165) is 17.8 Å². The molecule has 6 heteroatoms. The maximum atomic E-state index is 12.0. The zero-order chi connectivity index (χ0) is 13.0. The number of amides is 1. The lowest BCUT2D eigenvalue weighted by Crippen LogP contribution is -2.12. The summed E-state index contributed by atoms with van der Waals surface area (Å²) in [4.78, 5) is 23.1. The monoisotopic (exact) mass is 261 g/mol. The van der Waals surface area contributed by atoms with Gasteiger partial charge in [-0.15, -0.1) is 5.10 Å². The van der Waals surface area contributed by atoms with Gasteiger partial charge in [0.05, 0.1) is 5.69 Å². The molecule has 1 aromatic heterocycles. The number of nitrogens with zero attached hydrogens (tertiary/aromatic N) is 2. The summed E-state index contributed by atoms with van der Waals surface area (Å²) in [5.74, 6) is -0.245. The second-order valence-corrected chi connectivity index (χ2v) is 4.35. The van der Waals surface area contributed by atoms with Crippen LogP contribution in [-0.2, 0) is 6.42 Å². The van der Waals surface area contributed by atoms with Crippen molar-refractivity contribution < 1.29 is 9.59 Å². The van der Waals surface area contributed by atoms with Crippen LogP contribution >= 0.6 is 11.5 Å². The molecule has 1 aromatic carbocycles. The van der Waals surface area contributed by atoms with Crippen LogP contribution in [0.4, 0.5) is 5.69 Å². The van der Waals surface area contributed by atoms with Crippen molar-refractivity contribution in [3.05, 3.63) is 40.4 Å². The smallest absolute Gasteiger partial charge is 0.269 e. The summed E-state index contributed by atoms with van der Waals surface area (Å²) in [7, 11) is 0. The highest BCUT2D eigenvalue weighted by Crippen LogP contribution is 2.15. The number of carbonyl (C=O) groups is 2. The van der Waals surface area contributed by atoms with Gasteiger partial charge in [-0.05, 0) is 30.1 Å². The molecule has 5 nitrogen and oxygen atoms in total. The van der Waals surface area contributed by atoms with E-state index in [1.54, 1.807) is 24.3 Å². The molecular formula is C12H11N3O2S. The molecule has 0 aliphatic carbocycles. The van der Waals surface area contributed by atoms with Crippen LogP contribution in [-0.4, -0.2) is 21.8 Å². The first-order chi connectivity index (χ1) is 8.74. The summed E-state index contributed by atoms with van der Waals surface area (Å²) in [6, 6.07) is 6.73. The lowest BCUT2D eigenvalue weighted by Gasteiger charge is -2.04. The average Bonchev–Trinajstić information content (AvgIpc) is 2.87. The fraction of sp³-hybridized carbons (Fsp3) is 0.167. The highest BCUT2D eigenvalue weighted by molar-refractivity contribution is 7.08. The minimum absolute atomic E-state index is 0.245. The van der Waals surface area contributed by atoms with E-state index < -0.39 is 0 Å². The maximum Gasteiger partial charge on any atom is 0.269 e. The number of aromatic nitrogens is 2. The first-order valence-electron chi connectivity index (χ1n) is 5.42. The molecule has 0 spiro atoms. The molecule has 0 atom stereocenters. The SMILES string of the molecule is CCc1nnsc1C(=O)Nc1cccc(C=O)c1. The van der Waals surface area contributed by atoms with E-state index in [-0.39, 0.29) is 5.91 Å². The topological polar surface area (TPSA) is 72.0 Å². The van der Waals surface area contributed by atoms with Crippen LogP contribution in [0.2, 0.25) is 0 Å². The summed E-state index contributed by atoms with van der Waals surface area (Å²) < 4.78 is 3.76. The molecule has 0 radical (unpaired) electrons. The van der Waals surface area contributed by atoms with Crippen LogP contribution in [0.25, 0.3) is 0 Å². The van der Waals surface area contributed by atoms with Crippen molar-refractivity contribution in [1.82, 2.24) is 9.59 Å². The van der Waals surface area contributed by atoms with Gasteiger partial charge in [-0.1, -0.05) is 23.5 Å². The van der Waals surface area contributed by atoms with E-state index in [9.17, 15) is 9.59 Å². The van der Waals surface area contributed by atoms with E-state index >= 15 is 0 Å². The van der Waals surface area contributed by atoms with Gasteiger partial charge in [-0.2, -0.15) is 0 Å². The molecule has 0 unspecified atom stereocenters. The minimum Gasteiger partial charge on any atom is -0.321 e. The van der Waals surface area contributed by atoms with E-state index in [0.29, 0.717) is 28.2 Å². The lowest BCUT2D eigenvalue weighted by molar-refractivity contribution is 0.102. The van der Waals surface area contributed by atoms with Gasteiger partial charge in [0.1, 0.15) is 11.2 Å². The van der Waals surface area contributed by atoms with Gasteiger partial charge in [0.2, 0.25) is 0 Å². The zero-order valence-corrected chi connectivity index (χ0v) is 10.5. The van der Waals surface area contributed by atoms with Gasteiger partial charge in [0.15, 0.2) is 0 Å². The van der Waals surface area contributed by atoms with Gasteiger partial charge < -0.3 is 5.32 Å². The van der Waals surface area contributed by atoms with E-state index in [4.69, 9.17) is 0 Å². The molecular weight excluding hydrogens is 250 g/mol. The Balaban J connectivity index is 2.18. The third kappa shape index (κ3) is 2.60. The Labute approximate surface area is 108 Å². The standard InChI is InChI=1S/C12H11N3O2S/c1-2-10-11(18-15-14-10)12(17)13-9-5-3-4-8(6-9)7-16/h3-7H,2H2,1H3,(H,13,17). The Morgan fingerprint density at radius 1 is 1.50 bits per heavy atom. The van der Waals surface area contributed by atoms with Crippen molar-refractivity contribution in [2.45, 2.75) is 13.3 Å². The first-order valence-corrected chi connectivity index (χ1v) is 6.19. The van der Waals surface area contributed by atoms with Crippen LogP contribution < -0.4 is 5.32 Å². The second-order valence-electron chi connectivity index (χ2n) is 3.60. The van der Waals surface area contributed by atoms with Crippen LogP contribution in [0.1, 0.15) is 32.6 Å². The Morgan fingerprint density at radius 3 is 3.06 bits per heavy atom. The quantitative estimate of drug-likeness (QED) is 0.856. The molecule has 0 saturated carbocycles. The molecule has 0 aliphatic heterocycles. The molecule has 0 bridgehead atoms. The molecule has 2 rings (SSSR count). The van der Waals surface area contributed by atoms with Crippen molar-refractivity contribution in [3.63, 3.8) is 0 Å². The molecule has 0 aliphatic rings. The van der Waals surface area contributed by atoms with Crippen LogP contribution in [0.5, 0.6) is 0 Å². The number of carbonyl (C=O) groups excluding carboxylic acids is 2. The van der Waals surface area contributed by atoms with Gasteiger partial charge >= 0.3 is 0 Å². The Hall–Kier alpha value is -2.08. The van der Waals surface area contributed by atoms with Crippen molar-refractivity contribution in [2.75, 3.05) is 5.32 Å². The third-order valence-electron chi connectivity index (χ3n) is 2.38. The molecule has 0 saturated heterocycles. The predicted octanol–water partition coefficient (Wildman–Crippen LogP) is 2.17. The van der Waals surface area contributed by atoms with Gasteiger partial charge in [0.25, 0.3) is 5.91 Å². The largest absolute Gasteiger partial charge is 0.321 e. The average molecular weight is 261 g/mol. The Morgan fingerprint density at radius 2 is 2.33 bits per heavy atom. The van der Waals surface area contributed by atoms with Crippen LogP contribution in [0.15, 0.2) is 24.3 Å². The van der Waals surface area contributed by atoms with Crippen LogP contribution in [0, 0.1) is 0 Å². The number of hydrogen-bond donors (Lipinski definition) is 1. The van der Waals surface area contributed by atoms with E-state index in [1.165, 1.54) is 0 Å². The molecule has 2 aromatic rings. The number of aldehydes is 1. The summed E-state index contributed by atoms with van der Waals surface area (Å²) in [5.41, 5.74) is 1.79. The van der Waals surface area contributed by atoms with Crippen molar-refractivity contribution in [3.8, 4) is 0 Å². The molecule has 1 amide bonds. The van der Waals surface area contributed by atoms with Gasteiger partial charge in [0, 0.05) is 11.3 Å². The predicted molar refractivity (Wildman–Crippen MR) is 69.1 cm³/mol. The summed E-state index contributed by atoms with van der Waals surface area (Å²) in [5, 5.41) is 6.61. The minimum atomic E-state index is -0.245. The number of rotatable bonds is 4. The third-order valence-corrected chi connectivity index (χ3v) is 3.14. The molecule has 92 valence electrons. The highest BCUT2D eigenvalue weighted by atomic mass is 32.1. The summed E-state index contributed by atoms with van der Waals surface area (Å²) >= 11 is 1.07. The van der Waals surface area contributed by atoms with Gasteiger partial charge in [-0.25, -0.2) is 0 Å². The highest BCUT2D eigenvalue weighted by Gasteiger charge is 2.14.